The quantitative estimate of drug-likeness (QED) is 0.581. The van der Waals surface area contributed by atoms with E-state index >= 15 is 0 Å². The number of carbonyl (C=O) groups excluding carboxylic acids is 2. The third-order valence-electron chi connectivity index (χ3n) is 4.08. The number of methoxy groups -OCH3 is 1. The number of amides is 2. The number of ether oxygens (including phenoxy) is 1. The monoisotopic (exact) mass is 414 g/mol. The molecule has 0 radical (unpaired) electrons. The summed E-state index contributed by atoms with van der Waals surface area (Å²) in [5, 5.41) is 13.1. The predicted molar refractivity (Wildman–Crippen MR) is 112 cm³/mol. The minimum atomic E-state index is -0.659. The number of amidine groups is 1. The number of benzene rings is 2. The second-order valence-electron chi connectivity index (χ2n) is 6.15. The first-order valence-electron chi connectivity index (χ1n) is 8.75. The second-order valence-corrected chi connectivity index (χ2v) is 7.34. The Labute approximate surface area is 171 Å². The Morgan fingerprint density at radius 2 is 1.97 bits per heavy atom. The average Bonchev–Trinajstić information content (AvgIpc) is 2.72. The molecule has 1 heterocycles. The number of hydrogen-bond donors (Lipinski definition) is 2. The van der Waals surface area contributed by atoms with Gasteiger partial charge in [-0.2, -0.15) is 5.10 Å². The Bertz CT molecular complexity index is 976. The van der Waals surface area contributed by atoms with E-state index in [1.54, 1.807) is 43.3 Å². The summed E-state index contributed by atoms with van der Waals surface area (Å²) in [6.07, 6.45) is 0.0192. The molecule has 0 saturated carbocycles. The van der Waals surface area contributed by atoms with Gasteiger partial charge in [-0.1, -0.05) is 36.0 Å². The number of rotatable bonds is 5. The van der Waals surface area contributed by atoms with Gasteiger partial charge in [0, 0.05) is 6.42 Å². The lowest BCUT2D eigenvalue weighted by atomic mass is 10.1. The van der Waals surface area contributed by atoms with Gasteiger partial charge in [0.05, 0.1) is 18.5 Å². The normalized spacial score (nSPS) is 18.3. The molecule has 2 N–H and O–H groups in total. The molecule has 0 aromatic heterocycles. The highest BCUT2D eigenvalue weighted by atomic mass is 32.2. The fourth-order valence-electron chi connectivity index (χ4n) is 2.57. The largest absolute Gasteiger partial charge is 0.495 e. The Morgan fingerprint density at radius 3 is 2.69 bits per heavy atom. The first-order valence-corrected chi connectivity index (χ1v) is 9.63. The van der Waals surface area contributed by atoms with Crippen molar-refractivity contribution in [3.63, 3.8) is 0 Å². The van der Waals surface area contributed by atoms with Crippen LogP contribution >= 0.6 is 11.8 Å². The summed E-state index contributed by atoms with van der Waals surface area (Å²) in [4.78, 5) is 24.6. The maximum atomic E-state index is 13.0. The molecule has 9 heteroatoms. The van der Waals surface area contributed by atoms with Crippen molar-refractivity contribution in [2.75, 3.05) is 12.4 Å². The Balaban J connectivity index is 1.71. The van der Waals surface area contributed by atoms with Gasteiger partial charge in [-0.15, -0.1) is 5.10 Å². The molecule has 1 saturated heterocycles. The highest BCUT2D eigenvalue weighted by Gasteiger charge is 2.30. The van der Waals surface area contributed by atoms with E-state index in [4.69, 9.17) is 4.74 Å². The van der Waals surface area contributed by atoms with Crippen LogP contribution in [0.3, 0.4) is 0 Å². The first kappa shape index (κ1) is 20.5. The van der Waals surface area contributed by atoms with Gasteiger partial charge in [0.2, 0.25) is 11.8 Å². The summed E-state index contributed by atoms with van der Waals surface area (Å²) in [5.41, 5.74) is 1.77. The predicted octanol–water partition coefficient (Wildman–Crippen LogP) is 3.17. The van der Waals surface area contributed by atoms with E-state index in [2.05, 4.69) is 20.8 Å². The van der Waals surface area contributed by atoms with Gasteiger partial charge in [-0.05, 0) is 36.8 Å². The van der Waals surface area contributed by atoms with Crippen LogP contribution in [-0.2, 0) is 9.59 Å². The lowest BCUT2D eigenvalue weighted by Gasteiger charge is -2.22. The van der Waals surface area contributed by atoms with Crippen LogP contribution in [0.1, 0.15) is 18.9 Å². The molecule has 0 spiro atoms. The third-order valence-corrected chi connectivity index (χ3v) is 5.15. The van der Waals surface area contributed by atoms with Gasteiger partial charge in [0.15, 0.2) is 5.17 Å². The fraction of sp³-hybridized carbons (Fsp3) is 0.200. The number of anilines is 1. The molecule has 0 bridgehead atoms. The molecule has 2 aromatic carbocycles. The average molecular weight is 414 g/mol. The van der Waals surface area contributed by atoms with Crippen molar-refractivity contribution in [3.05, 3.63) is 59.9 Å². The Kier molecular flexibility index (Phi) is 6.61. The lowest BCUT2D eigenvalue weighted by molar-refractivity contribution is -0.123. The molecular formula is C20H19FN4O3S. The van der Waals surface area contributed by atoms with Gasteiger partial charge >= 0.3 is 0 Å². The number of hydrogen-bond acceptors (Lipinski definition) is 6. The molecule has 1 aliphatic heterocycles. The van der Waals surface area contributed by atoms with Gasteiger partial charge in [-0.25, -0.2) is 4.39 Å². The summed E-state index contributed by atoms with van der Waals surface area (Å²) >= 11 is 1.11. The van der Waals surface area contributed by atoms with Crippen LogP contribution in [0.4, 0.5) is 10.1 Å². The molecule has 1 unspecified atom stereocenters. The Morgan fingerprint density at radius 1 is 1.24 bits per heavy atom. The van der Waals surface area contributed by atoms with Crippen LogP contribution in [0.25, 0.3) is 0 Å². The number of nitrogens with zero attached hydrogens (tertiary/aromatic N) is 2. The topological polar surface area (TPSA) is 92.1 Å². The molecule has 2 amide bonds. The minimum Gasteiger partial charge on any atom is -0.495 e. The van der Waals surface area contributed by atoms with Crippen molar-refractivity contribution in [2.45, 2.75) is 18.6 Å². The van der Waals surface area contributed by atoms with Crippen LogP contribution in [0, 0.1) is 5.82 Å². The van der Waals surface area contributed by atoms with E-state index in [0.717, 1.165) is 11.8 Å². The number of thioether (sulfide) groups is 1. The Hall–Kier alpha value is -3.20. The van der Waals surface area contributed by atoms with Gasteiger partial charge in [0.25, 0.3) is 0 Å². The van der Waals surface area contributed by atoms with E-state index in [9.17, 15) is 14.0 Å². The van der Waals surface area contributed by atoms with E-state index in [0.29, 0.717) is 22.7 Å². The molecular weight excluding hydrogens is 395 g/mol. The highest BCUT2D eigenvalue weighted by Crippen LogP contribution is 2.26. The van der Waals surface area contributed by atoms with E-state index in [-0.39, 0.29) is 29.2 Å². The summed E-state index contributed by atoms with van der Waals surface area (Å²) in [6, 6.07) is 12.9. The van der Waals surface area contributed by atoms with Crippen LogP contribution < -0.4 is 15.4 Å². The first-order chi connectivity index (χ1) is 14.0. The summed E-state index contributed by atoms with van der Waals surface area (Å²) < 4.78 is 18.3. The molecule has 2 aromatic rings. The molecule has 1 aliphatic rings. The molecule has 1 atom stereocenters. The van der Waals surface area contributed by atoms with E-state index < -0.39 is 5.25 Å². The zero-order chi connectivity index (χ0) is 20.8. The van der Waals surface area contributed by atoms with Crippen molar-refractivity contribution in [3.8, 4) is 5.75 Å². The summed E-state index contributed by atoms with van der Waals surface area (Å²) in [5.74, 6) is -0.468. The maximum absolute atomic E-state index is 13.0. The van der Waals surface area contributed by atoms with Crippen LogP contribution in [0.5, 0.6) is 5.75 Å². The number of para-hydroxylation sites is 2. The molecule has 150 valence electrons. The number of nitrogens with one attached hydrogen (secondary N) is 2. The van der Waals surface area contributed by atoms with Crippen molar-refractivity contribution in [1.29, 1.82) is 0 Å². The van der Waals surface area contributed by atoms with E-state index in [1.807, 2.05) is 0 Å². The highest BCUT2D eigenvalue weighted by molar-refractivity contribution is 8.15. The zero-order valence-corrected chi connectivity index (χ0v) is 16.6. The zero-order valence-electron chi connectivity index (χ0n) is 15.8. The van der Waals surface area contributed by atoms with Crippen LogP contribution in [-0.4, -0.2) is 35.1 Å². The standard InChI is InChI=1S/C20H19FN4O3S/c1-12(13-7-9-14(21)10-8-13)24-25-20-23-18(26)11-17(29-20)19(27)22-15-5-3-4-6-16(15)28-2/h3-10,17H,11H2,1-2H3,(H,22,27)(H,23,25,26). The van der Waals surface area contributed by atoms with Crippen molar-refractivity contribution < 1.29 is 18.7 Å². The van der Waals surface area contributed by atoms with Gasteiger partial charge < -0.3 is 15.4 Å². The fourth-order valence-corrected chi connectivity index (χ4v) is 3.50. The second kappa shape index (κ2) is 9.33. The number of carbonyl (C=O) groups is 2. The maximum Gasteiger partial charge on any atom is 0.238 e. The van der Waals surface area contributed by atoms with Crippen molar-refractivity contribution in [1.82, 2.24) is 5.32 Å². The third kappa shape index (κ3) is 5.41. The molecule has 29 heavy (non-hydrogen) atoms. The summed E-state index contributed by atoms with van der Waals surface area (Å²) in [6.45, 7) is 1.72. The number of halogens is 1. The smallest absolute Gasteiger partial charge is 0.238 e. The van der Waals surface area contributed by atoms with Gasteiger partial charge in [-0.3, -0.25) is 9.59 Å². The lowest BCUT2D eigenvalue weighted by Crippen LogP contribution is -2.41. The summed E-state index contributed by atoms with van der Waals surface area (Å²) in [7, 11) is 1.51. The molecule has 0 aliphatic carbocycles. The molecule has 3 rings (SSSR count). The van der Waals surface area contributed by atoms with Crippen molar-refractivity contribution in [2.24, 2.45) is 10.2 Å². The van der Waals surface area contributed by atoms with E-state index in [1.165, 1.54) is 19.2 Å². The molecule has 7 nitrogen and oxygen atoms in total. The SMILES string of the molecule is COc1ccccc1NC(=O)C1CC(=O)N/C(=N\N=C(C)c2ccc(F)cc2)S1. The van der Waals surface area contributed by atoms with Crippen molar-refractivity contribution >= 4 is 40.1 Å². The van der Waals surface area contributed by atoms with Gasteiger partial charge in [0.1, 0.15) is 16.8 Å². The van der Waals surface area contributed by atoms with Crippen LogP contribution in [0.2, 0.25) is 0 Å². The minimum absolute atomic E-state index is 0.0192. The molecule has 1 fully saturated rings. The van der Waals surface area contributed by atoms with Crippen LogP contribution in [0.15, 0.2) is 58.7 Å².